The van der Waals surface area contributed by atoms with E-state index in [1.807, 2.05) is 31.2 Å². The Morgan fingerprint density at radius 3 is 2.55 bits per heavy atom. The molecule has 0 aliphatic heterocycles. The van der Waals surface area contributed by atoms with Gasteiger partial charge in [0.15, 0.2) is 0 Å². The highest BCUT2D eigenvalue weighted by molar-refractivity contribution is 14.1. The van der Waals surface area contributed by atoms with Crippen LogP contribution in [0.15, 0.2) is 53.6 Å². The summed E-state index contributed by atoms with van der Waals surface area (Å²) < 4.78 is 1.12. The Bertz CT molecular complexity index is 670. The molecule has 2 rings (SSSR count). The summed E-state index contributed by atoms with van der Waals surface area (Å²) in [6.07, 6.45) is 0. The predicted octanol–water partition coefficient (Wildman–Crippen LogP) is 4.10. The molecule has 102 valence electrons. The Hall–Kier alpha value is -1.40. The van der Waals surface area contributed by atoms with Gasteiger partial charge in [-0.1, -0.05) is 29.8 Å². The third-order valence-electron chi connectivity index (χ3n) is 2.65. The quantitative estimate of drug-likeness (QED) is 0.472. The van der Waals surface area contributed by atoms with Crippen LogP contribution in [0.5, 0.6) is 0 Å². The van der Waals surface area contributed by atoms with Crippen molar-refractivity contribution in [2.75, 3.05) is 0 Å². The molecule has 0 spiro atoms. The minimum absolute atomic E-state index is 0.280. The molecule has 1 amide bonds. The lowest BCUT2D eigenvalue weighted by Gasteiger charge is -2.04. The Labute approximate surface area is 136 Å². The highest BCUT2D eigenvalue weighted by Crippen LogP contribution is 2.11. The maximum Gasteiger partial charge on any atom is 0.271 e. The summed E-state index contributed by atoms with van der Waals surface area (Å²) in [6.45, 7) is 1.85. The van der Waals surface area contributed by atoms with Crippen LogP contribution in [0.2, 0.25) is 5.02 Å². The fourth-order valence-corrected chi connectivity index (χ4v) is 2.34. The number of benzene rings is 2. The van der Waals surface area contributed by atoms with Crippen molar-refractivity contribution in [2.24, 2.45) is 5.10 Å². The fourth-order valence-electron chi connectivity index (χ4n) is 1.61. The summed E-state index contributed by atoms with van der Waals surface area (Å²) in [5.41, 5.74) is 4.74. The van der Waals surface area contributed by atoms with Crippen LogP contribution in [0, 0.1) is 3.57 Å². The van der Waals surface area contributed by atoms with Gasteiger partial charge in [0.1, 0.15) is 0 Å². The molecule has 1 N–H and O–H groups in total. The van der Waals surface area contributed by atoms with Crippen LogP contribution in [0.4, 0.5) is 0 Å². The Morgan fingerprint density at radius 1 is 1.15 bits per heavy atom. The number of carbonyl (C=O) groups excluding carboxylic acids is 1. The van der Waals surface area contributed by atoms with Crippen LogP contribution >= 0.6 is 34.2 Å². The van der Waals surface area contributed by atoms with Gasteiger partial charge in [-0.05, 0) is 65.4 Å². The van der Waals surface area contributed by atoms with E-state index in [0.29, 0.717) is 10.6 Å². The molecule has 2 aromatic carbocycles. The standard InChI is InChI=1S/C15H12ClIN2O/c1-10(11-4-3-7-14(17)9-11)18-19-15(20)12-5-2-6-13(16)8-12/h2-9H,1H3,(H,19,20)/b18-10-. The zero-order chi connectivity index (χ0) is 14.5. The molecule has 0 aliphatic rings. The van der Waals surface area contributed by atoms with E-state index in [-0.39, 0.29) is 5.91 Å². The Balaban J connectivity index is 2.11. The second kappa shape index (κ2) is 6.85. The van der Waals surface area contributed by atoms with E-state index in [1.54, 1.807) is 24.3 Å². The summed E-state index contributed by atoms with van der Waals surface area (Å²) in [5, 5.41) is 4.64. The molecule has 0 aliphatic carbocycles. The summed E-state index contributed by atoms with van der Waals surface area (Å²) in [5.74, 6) is -0.280. The summed E-state index contributed by atoms with van der Waals surface area (Å²) in [4.78, 5) is 11.9. The van der Waals surface area contributed by atoms with Gasteiger partial charge in [-0.25, -0.2) is 5.43 Å². The van der Waals surface area contributed by atoms with Gasteiger partial charge in [0, 0.05) is 14.2 Å². The lowest BCUT2D eigenvalue weighted by molar-refractivity contribution is 0.0955. The van der Waals surface area contributed by atoms with Crippen LogP contribution in [0.25, 0.3) is 0 Å². The number of hydrogen-bond acceptors (Lipinski definition) is 2. The number of nitrogens with zero attached hydrogens (tertiary/aromatic N) is 1. The minimum atomic E-state index is -0.280. The monoisotopic (exact) mass is 398 g/mol. The molecule has 0 saturated carbocycles. The molecule has 0 atom stereocenters. The van der Waals surface area contributed by atoms with Crippen LogP contribution in [-0.2, 0) is 0 Å². The van der Waals surface area contributed by atoms with E-state index in [4.69, 9.17) is 11.6 Å². The summed E-state index contributed by atoms with van der Waals surface area (Å²) >= 11 is 8.08. The Kier molecular flexibility index (Phi) is 5.14. The first-order valence-electron chi connectivity index (χ1n) is 5.92. The molecule has 0 heterocycles. The molecule has 5 heteroatoms. The molecule has 0 saturated heterocycles. The molecular formula is C15H12ClIN2O. The van der Waals surface area contributed by atoms with E-state index in [2.05, 4.69) is 33.1 Å². The molecule has 0 bridgehead atoms. The van der Waals surface area contributed by atoms with Gasteiger partial charge in [-0.3, -0.25) is 4.79 Å². The minimum Gasteiger partial charge on any atom is -0.267 e. The lowest BCUT2D eigenvalue weighted by Crippen LogP contribution is -2.19. The predicted molar refractivity (Wildman–Crippen MR) is 90.3 cm³/mol. The topological polar surface area (TPSA) is 41.5 Å². The number of nitrogens with one attached hydrogen (secondary N) is 1. The molecular weight excluding hydrogens is 387 g/mol. The Morgan fingerprint density at radius 2 is 1.85 bits per heavy atom. The van der Waals surface area contributed by atoms with Crippen molar-refractivity contribution in [3.05, 3.63) is 68.3 Å². The van der Waals surface area contributed by atoms with E-state index in [1.165, 1.54) is 0 Å². The third kappa shape index (κ3) is 4.05. The fraction of sp³-hybridized carbons (Fsp3) is 0.0667. The highest BCUT2D eigenvalue weighted by atomic mass is 127. The first-order valence-corrected chi connectivity index (χ1v) is 7.38. The molecule has 20 heavy (non-hydrogen) atoms. The molecule has 0 radical (unpaired) electrons. The number of hydrogen-bond donors (Lipinski definition) is 1. The van der Waals surface area contributed by atoms with Gasteiger partial charge in [0.05, 0.1) is 5.71 Å². The maximum absolute atomic E-state index is 11.9. The molecule has 0 aromatic heterocycles. The maximum atomic E-state index is 11.9. The van der Waals surface area contributed by atoms with Crippen LogP contribution in [0.3, 0.4) is 0 Å². The largest absolute Gasteiger partial charge is 0.271 e. The van der Waals surface area contributed by atoms with Gasteiger partial charge < -0.3 is 0 Å². The van der Waals surface area contributed by atoms with Crippen LogP contribution in [0.1, 0.15) is 22.8 Å². The van der Waals surface area contributed by atoms with E-state index in [9.17, 15) is 4.79 Å². The zero-order valence-corrected chi connectivity index (χ0v) is 13.6. The van der Waals surface area contributed by atoms with Gasteiger partial charge in [0.25, 0.3) is 5.91 Å². The van der Waals surface area contributed by atoms with Crippen molar-refractivity contribution in [3.8, 4) is 0 Å². The smallest absolute Gasteiger partial charge is 0.267 e. The van der Waals surface area contributed by atoms with Crippen LogP contribution < -0.4 is 5.43 Å². The van der Waals surface area contributed by atoms with Gasteiger partial charge in [0.2, 0.25) is 0 Å². The SMILES string of the molecule is C/C(=N/NC(=O)c1cccc(Cl)c1)c1cccc(I)c1. The first-order chi connectivity index (χ1) is 9.56. The van der Waals surface area contributed by atoms with E-state index >= 15 is 0 Å². The molecule has 3 nitrogen and oxygen atoms in total. The summed E-state index contributed by atoms with van der Waals surface area (Å²) in [7, 11) is 0. The number of amides is 1. The third-order valence-corrected chi connectivity index (χ3v) is 3.56. The van der Waals surface area contributed by atoms with E-state index in [0.717, 1.165) is 14.8 Å². The second-order valence-electron chi connectivity index (χ2n) is 4.16. The van der Waals surface area contributed by atoms with Crippen molar-refractivity contribution >= 4 is 45.8 Å². The van der Waals surface area contributed by atoms with Crippen molar-refractivity contribution in [1.82, 2.24) is 5.43 Å². The molecule has 0 fully saturated rings. The van der Waals surface area contributed by atoms with E-state index < -0.39 is 0 Å². The first kappa shape index (κ1) is 15.0. The molecule has 0 unspecified atom stereocenters. The van der Waals surface area contributed by atoms with Gasteiger partial charge in [-0.15, -0.1) is 0 Å². The van der Waals surface area contributed by atoms with Crippen molar-refractivity contribution < 1.29 is 4.79 Å². The zero-order valence-electron chi connectivity index (χ0n) is 10.7. The van der Waals surface area contributed by atoms with Crippen LogP contribution in [-0.4, -0.2) is 11.6 Å². The van der Waals surface area contributed by atoms with Crippen molar-refractivity contribution in [1.29, 1.82) is 0 Å². The number of halogens is 2. The van der Waals surface area contributed by atoms with Crippen molar-refractivity contribution in [3.63, 3.8) is 0 Å². The normalized spacial score (nSPS) is 11.2. The summed E-state index contributed by atoms with van der Waals surface area (Å²) in [6, 6.07) is 14.7. The number of carbonyl (C=O) groups is 1. The highest BCUT2D eigenvalue weighted by Gasteiger charge is 2.05. The number of hydrazone groups is 1. The average molecular weight is 399 g/mol. The average Bonchev–Trinajstić information content (AvgIpc) is 2.44. The molecule has 2 aromatic rings. The number of rotatable bonds is 3. The van der Waals surface area contributed by atoms with Gasteiger partial charge >= 0.3 is 0 Å². The van der Waals surface area contributed by atoms with Gasteiger partial charge in [-0.2, -0.15) is 5.10 Å². The van der Waals surface area contributed by atoms with Crippen molar-refractivity contribution in [2.45, 2.75) is 6.92 Å². The second-order valence-corrected chi connectivity index (χ2v) is 5.84. The lowest BCUT2D eigenvalue weighted by atomic mass is 10.1.